The third-order valence-corrected chi connectivity index (χ3v) is 4.85. The van der Waals surface area contributed by atoms with Gasteiger partial charge in [-0.2, -0.15) is 10.4 Å². The van der Waals surface area contributed by atoms with Crippen molar-refractivity contribution < 1.29 is 9.47 Å². The Kier molecular flexibility index (Phi) is 6.13. The number of hydrogen-bond acceptors (Lipinski definition) is 8. The van der Waals surface area contributed by atoms with Crippen LogP contribution in [0.3, 0.4) is 0 Å². The molecule has 3 aromatic rings. The average molecular weight is 402 g/mol. The number of rotatable bonds is 6. The van der Waals surface area contributed by atoms with Gasteiger partial charge in [-0.3, -0.25) is 4.98 Å². The summed E-state index contributed by atoms with van der Waals surface area (Å²) in [6.45, 7) is 3.51. The van der Waals surface area contributed by atoms with Crippen molar-refractivity contribution in [3.8, 4) is 29.0 Å². The average Bonchev–Trinajstić information content (AvgIpc) is 2.81. The van der Waals surface area contributed by atoms with Crippen molar-refractivity contribution >= 4 is 5.69 Å². The number of aromatic nitrogens is 3. The first-order chi connectivity index (χ1) is 14.8. The standard InChI is InChI=1S/C22H22N6O2/c23-6-5-16-2-4-20(25-14-16)19-3-1-17(13-24)11-21(19)30-22-12-18(15-26-27-22)28-7-9-29-10-8-28/h1-4,11-12,14-15H,5-10,23H2. The van der Waals surface area contributed by atoms with Gasteiger partial charge in [0.1, 0.15) is 5.75 Å². The summed E-state index contributed by atoms with van der Waals surface area (Å²) < 4.78 is 11.5. The summed E-state index contributed by atoms with van der Waals surface area (Å²) in [6.07, 6.45) is 4.29. The molecule has 0 aliphatic carbocycles. The lowest BCUT2D eigenvalue weighted by molar-refractivity contribution is 0.122. The summed E-state index contributed by atoms with van der Waals surface area (Å²) >= 11 is 0. The van der Waals surface area contributed by atoms with E-state index >= 15 is 0 Å². The molecule has 2 aromatic heterocycles. The van der Waals surface area contributed by atoms with Crippen LogP contribution in [0.5, 0.6) is 11.6 Å². The van der Waals surface area contributed by atoms with Gasteiger partial charge in [0.05, 0.1) is 42.4 Å². The quantitative estimate of drug-likeness (QED) is 0.670. The number of nitrogens with zero attached hydrogens (tertiary/aromatic N) is 5. The van der Waals surface area contributed by atoms with E-state index in [9.17, 15) is 5.26 Å². The molecule has 1 aromatic carbocycles. The highest BCUT2D eigenvalue weighted by Crippen LogP contribution is 2.33. The number of pyridine rings is 1. The topological polar surface area (TPSA) is 110 Å². The molecule has 1 aliphatic heterocycles. The first kappa shape index (κ1) is 19.8. The summed E-state index contributed by atoms with van der Waals surface area (Å²) in [5.74, 6) is 0.858. The van der Waals surface area contributed by atoms with E-state index in [4.69, 9.17) is 15.2 Å². The van der Waals surface area contributed by atoms with Crippen molar-refractivity contribution in [3.63, 3.8) is 0 Å². The van der Waals surface area contributed by atoms with Crippen LogP contribution >= 0.6 is 0 Å². The normalized spacial score (nSPS) is 13.7. The molecule has 0 bridgehead atoms. The Morgan fingerprint density at radius 1 is 1.13 bits per heavy atom. The van der Waals surface area contributed by atoms with Gasteiger partial charge < -0.3 is 20.1 Å². The molecule has 1 aliphatic rings. The minimum atomic E-state index is 0.357. The highest BCUT2D eigenvalue weighted by Gasteiger charge is 2.15. The van der Waals surface area contributed by atoms with Crippen LogP contribution in [-0.2, 0) is 11.2 Å². The Balaban J connectivity index is 1.64. The number of anilines is 1. The Morgan fingerprint density at radius 2 is 2.00 bits per heavy atom. The van der Waals surface area contributed by atoms with Crippen LogP contribution in [0.1, 0.15) is 11.1 Å². The molecule has 0 atom stereocenters. The molecular formula is C22H22N6O2. The Hall–Kier alpha value is -3.54. The molecular weight excluding hydrogens is 380 g/mol. The smallest absolute Gasteiger partial charge is 0.240 e. The number of benzene rings is 1. The van der Waals surface area contributed by atoms with Crippen LogP contribution in [0.2, 0.25) is 0 Å². The lowest BCUT2D eigenvalue weighted by Gasteiger charge is -2.28. The molecule has 1 fully saturated rings. The zero-order valence-electron chi connectivity index (χ0n) is 16.5. The van der Waals surface area contributed by atoms with Crippen LogP contribution in [0.4, 0.5) is 5.69 Å². The van der Waals surface area contributed by atoms with Gasteiger partial charge in [0.2, 0.25) is 5.88 Å². The third kappa shape index (κ3) is 4.54. The predicted octanol–water partition coefficient (Wildman–Crippen LogP) is 2.54. The molecule has 8 nitrogen and oxygen atoms in total. The lowest BCUT2D eigenvalue weighted by atomic mass is 10.1. The van der Waals surface area contributed by atoms with E-state index in [-0.39, 0.29) is 0 Å². The second-order valence-corrected chi connectivity index (χ2v) is 6.87. The van der Waals surface area contributed by atoms with Gasteiger partial charge in [0.15, 0.2) is 0 Å². The Labute approximate surface area is 174 Å². The van der Waals surface area contributed by atoms with Gasteiger partial charge in [-0.25, -0.2) is 0 Å². The molecule has 0 radical (unpaired) electrons. The van der Waals surface area contributed by atoms with Crippen LogP contribution in [0.25, 0.3) is 11.3 Å². The van der Waals surface area contributed by atoms with Crippen molar-refractivity contribution in [2.24, 2.45) is 5.73 Å². The van der Waals surface area contributed by atoms with Gasteiger partial charge in [0.25, 0.3) is 0 Å². The highest BCUT2D eigenvalue weighted by atomic mass is 16.5. The van der Waals surface area contributed by atoms with Gasteiger partial charge in [-0.05, 0) is 42.8 Å². The van der Waals surface area contributed by atoms with E-state index in [1.807, 2.05) is 30.5 Å². The van der Waals surface area contributed by atoms with E-state index in [1.165, 1.54) is 0 Å². The summed E-state index contributed by atoms with van der Waals surface area (Å²) in [7, 11) is 0. The largest absolute Gasteiger partial charge is 0.437 e. The van der Waals surface area contributed by atoms with Crippen molar-refractivity contribution in [2.75, 3.05) is 37.7 Å². The summed E-state index contributed by atoms with van der Waals surface area (Å²) in [6, 6.07) is 13.2. The number of hydrogen-bond donors (Lipinski definition) is 1. The summed E-state index contributed by atoms with van der Waals surface area (Å²) in [5, 5.41) is 17.5. The van der Waals surface area contributed by atoms with E-state index in [2.05, 4.69) is 26.2 Å². The van der Waals surface area contributed by atoms with Crippen LogP contribution in [0.15, 0.2) is 48.8 Å². The maximum Gasteiger partial charge on any atom is 0.240 e. The second kappa shape index (κ2) is 9.31. The maximum atomic E-state index is 9.32. The predicted molar refractivity (Wildman–Crippen MR) is 112 cm³/mol. The molecule has 8 heteroatoms. The van der Waals surface area contributed by atoms with Gasteiger partial charge in [0, 0.05) is 30.9 Å². The van der Waals surface area contributed by atoms with E-state index in [1.54, 1.807) is 18.3 Å². The minimum absolute atomic E-state index is 0.357. The molecule has 1 saturated heterocycles. The molecule has 3 heterocycles. The highest BCUT2D eigenvalue weighted by molar-refractivity contribution is 5.69. The van der Waals surface area contributed by atoms with E-state index < -0.39 is 0 Å². The minimum Gasteiger partial charge on any atom is -0.437 e. The SMILES string of the molecule is N#Cc1ccc(-c2ccc(CCN)cn2)c(Oc2cc(N3CCOCC3)cnn2)c1. The fraction of sp³-hybridized carbons (Fsp3) is 0.273. The summed E-state index contributed by atoms with van der Waals surface area (Å²) in [4.78, 5) is 6.72. The third-order valence-electron chi connectivity index (χ3n) is 4.85. The van der Waals surface area contributed by atoms with Crippen LogP contribution in [0, 0.1) is 11.3 Å². The monoisotopic (exact) mass is 402 g/mol. The zero-order chi connectivity index (χ0) is 20.8. The first-order valence-electron chi connectivity index (χ1n) is 9.79. The van der Waals surface area contributed by atoms with Crippen molar-refractivity contribution in [1.29, 1.82) is 5.26 Å². The van der Waals surface area contributed by atoms with Crippen molar-refractivity contribution in [2.45, 2.75) is 6.42 Å². The molecule has 0 saturated carbocycles. The first-order valence-corrected chi connectivity index (χ1v) is 9.79. The molecule has 0 amide bonds. The number of nitriles is 1. The zero-order valence-corrected chi connectivity index (χ0v) is 16.5. The molecule has 30 heavy (non-hydrogen) atoms. The number of morpholine rings is 1. The fourth-order valence-electron chi connectivity index (χ4n) is 3.28. The Bertz CT molecular complexity index is 1040. The molecule has 152 valence electrons. The van der Waals surface area contributed by atoms with Crippen LogP contribution in [-0.4, -0.2) is 48.0 Å². The second-order valence-electron chi connectivity index (χ2n) is 6.87. The van der Waals surface area contributed by atoms with E-state index in [0.717, 1.165) is 42.0 Å². The Morgan fingerprint density at radius 3 is 2.73 bits per heavy atom. The fourth-order valence-corrected chi connectivity index (χ4v) is 3.28. The lowest BCUT2D eigenvalue weighted by Crippen LogP contribution is -2.36. The van der Waals surface area contributed by atoms with Gasteiger partial charge in [-0.1, -0.05) is 6.07 Å². The van der Waals surface area contributed by atoms with Gasteiger partial charge >= 0.3 is 0 Å². The van der Waals surface area contributed by atoms with Crippen molar-refractivity contribution in [3.05, 3.63) is 59.9 Å². The molecule has 0 unspecified atom stereocenters. The number of nitrogens with two attached hydrogens (primary N) is 1. The molecule has 0 spiro atoms. The number of ether oxygens (including phenoxy) is 2. The summed E-state index contributed by atoms with van der Waals surface area (Å²) in [5.41, 5.74) is 9.61. The van der Waals surface area contributed by atoms with Gasteiger partial charge in [-0.15, -0.1) is 5.10 Å². The molecule has 2 N–H and O–H groups in total. The maximum absolute atomic E-state index is 9.32. The molecule has 4 rings (SSSR count). The van der Waals surface area contributed by atoms with E-state index in [0.29, 0.717) is 37.0 Å². The van der Waals surface area contributed by atoms with Crippen LogP contribution < -0.4 is 15.4 Å². The van der Waals surface area contributed by atoms with Crippen molar-refractivity contribution in [1.82, 2.24) is 15.2 Å².